The van der Waals surface area contributed by atoms with E-state index < -0.39 is 17.4 Å². The van der Waals surface area contributed by atoms with Crippen molar-refractivity contribution in [1.82, 2.24) is 0 Å². The van der Waals surface area contributed by atoms with E-state index in [-0.39, 0.29) is 16.9 Å². The molecule has 0 saturated carbocycles. The monoisotopic (exact) mass is 248 g/mol. The number of hydrogen-bond acceptors (Lipinski definition) is 2. The summed E-state index contributed by atoms with van der Waals surface area (Å²) in [5, 5.41) is 0. The number of carbonyl (C=O) groups excluding carboxylic acids is 1. The normalized spacial score (nSPS) is 10.2. The molecule has 2 aromatic rings. The molecular weight excluding hydrogens is 238 g/mol. The SMILES string of the molecule is COc1cc(C(=O)c2ccccc2F)ccc1F. The van der Waals surface area contributed by atoms with Crippen molar-refractivity contribution in [3.8, 4) is 5.75 Å². The molecule has 0 aliphatic heterocycles. The summed E-state index contributed by atoms with van der Waals surface area (Å²) in [5.74, 6) is -1.73. The minimum Gasteiger partial charge on any atom is -0.494 e. The maximum atomic E-state index is 13.5. The van der Waals surface area contributed by atoms with Crippen LogP contribution in [0.4, 0.5) is 8.78 Å². The summed E-state index contributed by atoms with van der Waals surface area (Å²) in [6, 6.07) is 9.32. The number of hydrogen-bond donors (Lipinski definition) is 0. The minimum atomic E-state index is -0.606. The van der Waals surface area contributed by atoms with Gasteiger partial charge in [-0.05, 0) is 30.3 Å². The minimum absolute atomic E-state index is 0.0443. The van der Waals surface area contributed by atoms with Crippen LogP contribution in [0.1, 0.15) is 15.9 Å². The number of benzene rings is 2. The number of rotatable bonds is 3. The Morgan fingerprint density at radius 3 is 2.44 bits per heavy atom. The van der Waals surface area contributed by atoms with Crippen LogP contribution in [0.25, 0.3) is 0 Å². The summed E-state index contributed by atoms with van der Waals surface area (Å²) >= 11 is 0. The van der Waals surface area contributed by atoms with Gasteiger partial charge in [-0.1, -0.05) is 12.1 Å². The Morgan fingerprint density at radius 1 is 1.06 bits per heavy atom. The average Bonchev–Trinajstić information content (AvgIpc) is 2.39. The van der Waals surface area contributed by atoms with Crippen LogP contribution in [-0.4, -0.2) is 12.9 Å². The van der Waals surface area contributed by atoms with Crippen molar-refractivity contribution in [1.29, 1.82) is 0 Å². The highest BCUT2D eigenvalue weighted by Crippen LogP contribution is 2.21. The van der Waals surface area contributed by atoms with E-state index in [0.29, 0.717) is 0 Å². The molecule has 18 heavy (non-hydrogen) atoms. The van der Waals surface area contributed by atoms with E-state index in [4.69, 9.17) is 4.74 Å². The fourth-order valence-corrected chi connectivity index (χ4v) is 1.60. The molecule has 2 nitrogen and oxygen atoms in total. The number of ketones is 1. The molecule has 2 aromatic carbocycles. The number of halogens is 2. The molecular formula is C14H10F2O2. The standard InChI is InChI=1S/C14H10F2O2/c1-18-13-8-9(6-7-12(13)16)14(17)10-4-2-3-5-11(10)15/h2-8H,1H3. The van der Waals surface area contributed by atoms with Crippen molar-refractivity contribution >= 4 is 5.78 Å². The van der Waals surface area contributed by atoms with Crippen molar-refractivity contribution in [3.63, 3.8) is 0 Å². The van der Waals surface area contributed by atoms with Crippen LogP contribution >= 0.6 is 0 Å². The van der Waals surface area contributed by atoms with Crippen LogP contribution in [0.5, 0.6) is 5.75 Å². The molecule has 0 saturated heterocycles. The van der Waals surface area contributed by atoms with Crippen molar-refractivity contribution in [2.75, 3.05) is 7.11 Å². The van der Waals surface area contributed by atoms with Gasteiger partial charge >= 0.3 is 0 Å². The molecule has 92 valence electrons. The number of ether oxygens (including phenoxy) is 1. The first-order valence-electron chi connectivity index (χ1n) is 5.26. The zero-order chi connectivity index (χ0) is 13.1. The van der Waals surface area contributed by atoms with Gasteiger partial charge in [-0.15, -0.1) is 0 Å². The van der Waals surface area contributed by atoms with Gasteiger partial charge in [-0.3, -0.25) is 4.79 Å². The molecule has 0 bridgehead atoms. The van der Waals surface area contributed by atoms with Crippen LogP contribution in [0.15, 0.2) is 42.5 Å². The molecule has 0 aromatic heterocycles. The lowest BCUT2D eigenvalue weighted by atomic mass is 10.0. The Morgan fingerprint density at radius 2 is 1.78 bits per heavy atom. The van der Waals surface area contributed by atoms with E-state index in [1.54, 1.807) is 6.07 Å². The van der Waals surface area contributed by atoms with Crippen molar-refractivity contribution in [2.24, 2.45) is 0 Å². The first-order valence-corrected chi connectivity index (χ1v) is 5.26. The van der Waals surface area contributed by atoms with Gasteiger partial charge in [-0.2, -0.15) is 0 Å². The van der Waals surface area contributed by atoms with Crippen molar-refractivity contribution in [2.45, 2.75) is 0 Å². The third-order valence-corrected chi connectivity index (χ3v) is 2.53. The van der Waals surface area contributed by atoms with Crippen LogP contribution in [0.3, 0.4) is 0 Å². The van der Waals surface area contributed by atoms with Gasteiger partial charge in [0.15, 0.2) is 17.3 Å². The lowest BCUT2D eigenvalue weighted by molar-refractivity contribution is 0.103. The van der Waals surface area contributed by atoms with Gasteiger partial charge in [0.05, 0.1) is 12.7 Å². The lowest BCUT2D eigenvalue weighted by Crippen LogP contribution is -2.04. The van der Waals surface area contributed by atoms with Crippen molar-refractivity contribution < 1.29 is 18.3 Å². The van der Waals surface area contributed by atoms with E-state index in [1.807, 2.05) is 0 Å². The molecule has 0 amide bonds. The zero-order valence-corrected chi connectivity index (χ0v) is 9.61. The molecule has 2 rings (SSSR count). The smallest absolute Gasteiger partial charge is 0.196 e. The molecule has 0 unspecified atom stereocenters. The summed E-state index contributed by atoms with van der Waals surface area (Å²) in [6.07, 6.45) is 0. The third-order valence-electron chi connectivity index (χ3n) is 2.53. The molecule has 4 heteroatoms. The summed E-state index contributed by atoms with van der Waals surface area (Å²) < 4.78 is 31.4. The number of carbonyl (C=O) groups is 1. The van der Waals surface area contributed by atoms with E-state index in [0.717, 1.165) is 6.07 Å². The summed E-state index contributed by atoms with van der Waals surface area (Å²) in [4.78, 5) is 12.0. The van der Waals surface area contributed by atoms with E-state index in [2.05, 4.69) is 0 Å². The highest BCUT2D eigenvalue weighted by atomic mass is 19.1. The molecule has 0 atom stereocenters. The molecule has 0 aliphatic rings. The van der Waals surface area contributed by atoms with Gasteiger partial charge in [0, 0.05) is 5.56 Å². The van der Waals surface area contributed by atoms with Gasteiger partial charge in [0.2, 0.25) is 0 Å². The zero-order valence-electron chi connectivity index (χ0n) is 9.61. The maximum Gasteiger partial charge on any atom is 0.196 e. The van der Waals surface area contributed by atoms with Crippen molar-refractivity contribution in [3.05, 3.63) is 65.2 Å². The van der Waals surface area contributed by atoms with E-state index in [9.17, 15) is 13.6 Å². The predicted octanol–water partition coefficient (Wildman–Crippen LogP) is 3.20. The fraction of sp³-hybridized carbons (Fsp3) is 0.0714. The summed E-state index contributed by atoms with van der Waals surface area (Å²) in [5.41, 5.74) is 0.129. The van der Waals surface area contributed by atoms with Crippen LogP contribution < -0.4 is 4.74 Å². The van der Waals surface area contributed by atoms with E-state index >= 15 is 0 Å². The van der Waals surface area contributed by atoms with Crippen LogP contribution in [0, 0.1) is 11.6 Å². The Balaban J connectivity index is 2.44. The Hall–Kier alpha value is -2.23. The molecule has 0 heterocycles. The van der Waals surface area contributed by atoms with Gasteiger partial charge < -0.3 is 4.74 Å². The molecule has 0 aliphatic carbocycles. The molecule has 0 N–H and O–H groups in total. The quantitative estimate of drug-likeness (QED) is 0.780. The highest BCUT2D eigenvalue weighted by molar-refractivity contribution is 6.09. The van der Waals surface area contributed by atoms with E-state index in [1.165, 1.54) is 37.4 Å². The summed E-state index contributed by atoms with van der Waals surface area (Å²) in [6.45, 7) is 0. The third kappa shape index (κ3) is 2.22. The molecule has 0 radical (unpaired) electrons. The largest absolute Gasteiger partial charge is 0.494 e. The van der Waals surface area contributed by atoms with Gasteiger partial charge in [0.1, 0.15) is 5.82 Å². The second-order valence-electron chi connectivity index (χ2n) is 3.66. The fourth-order valence-electron chi connectivity index (χ4n) is 1.60. The maximum absolute atomic E-state index is 13.5. The lowest BCUT2D eigenvalue weighted by Gasteiger charge is -2.06. The Labute approximate surface area is 103 Å². The van der Waals surface area contributed by atoms with Gasteiger partial charge in [0.25, 0.3) is 0 Å². The highest BCUT2D eigenvalue weighted by Gasteiger charge is 2.15. The first kappa shape index (κ1) is 12.2. The Bertz CT molecular complexity index is 594. The number of methoxy groups -OCH3 is 1. The summed E-state index contributed by atoms with van der Waals surface area (Å²) in [7, 11) is 1.30. The van der Waals surface area contributed by atoms with Crippen LogP contribution in [-0.2, 0) is 0 Å². The second-order valence-corrected chi connectivity index (χ2v) is 3.66. The van der Waals surface area contributed by atoms with Crippen LogP contribution in [0.2, 0.25) is 0 Å². The second kappa shape index (κ2) is 4.96. The Kier molecular flexibility index (Phi) is 3.37. The predicted molar refractivity (Wildman–Crippen MR) is 62.8 cm³/mol. The topological polar surface area (TPSA) is 26.3 Å². The molecule has 0 fully saturated rings. The van der Waals surface area contributed by atoms with Gasteiger partial charge in [-0.25, -0.2) is 8.78 Å². The average molecular weight is 248 g/mol. The first-order chi connectivity index (χ1) is 8.63. The molecule has 0 spiro atoms.